The van der Waals surface area contributed by atoms with Crippen LogP contribution in [0.3, 0.4) is 0 Å². The van der Waals surface area contributed by atoms with Crippen molar-refractivity contribution in [2.24, 2.45) is 0 Å². The molecule has 1 rings (SSSR count). The Hall–Kier alpha value is 1.41. The predicted octanol–water partition coefficient (Wildman–Crippen LogP) is 4.45. The maximum absolute atomic E-state index is 2.43. The third-order valence-corrected chi connectivity index (χ3v) is 4.15. The van der Waals surface area contributed by atoms with Crippen molar-refractivity contribution in [3.05, 3.63) is 28.4 Å². The summed E-state index contributed by atoms with van der Waals surface area (Å²) in [6.45, 7) is 2.23. The molecule has 0 unspecified atom stereocenters. The summed E-state index contributed by atoms with van der Waals surface area (Å²) in [6, 6.07) is 4.49. The first-order valence-electron chi connectivity index (χ1n) is 3.78. The molecule has 3 heteroatoms. The van der Waals surface area contributed by atoms with E-state index in [1.165, 1.54) is 29.1 Å². The molecule has 0 aliphatic rings. The van der Waals surface area contributed by atoms with Gasteiger partial charge < -0.3 is 0 Å². The van der Waals surface area contributed by atoms with Crippen LogP contribution in [0.5, 0.6) is 0 Å². The van der Waals surface area contributed by atoms with Crippen LogP contribution >= 0.6 is 67.8 Å². The van der Waals surface area contributed by atoms with Crippen LogP contribution in [0.25, 0.3) is 0 Å². The molecule has 0 saturated heterocycles. The highest BCUT2D eigenvalue weighted by Crippen LogP contribution is 2.23. The summed E-state index contributed by atoms with van der Waals surface area (Å²) < 4.78 is 4.15. The molecule has 0 aliphatic heterocycles. The van der Waals surface area contributed by atoms with E-state index in [9.17, 15) is 0 Å². The molecule has 0 amide bonds. The van der Waals surface area contributed by atoms with Gasteiger partial charge in [0.1, 0.15) is 0 Å². The lowest BCUT2D eigenvalue weighted by atomic mass is 10.1. The fourth-order valence-corrected chi connectivity index (χ4v) is 5.18. The second-order valence-corrected chi connectivity index (χ2v) is 6.17. The topological polar surface area (TPSA) is 0 Å². The van der Waals surface area contributed by atoms with E-state index in [1.54, 1.807) is 0 Å². The lowest BCUT2D eigenvalue weighted by Crippen LogP contribution is -1.93. The molecule has 0 spiro atoms. The molecule has 0 radical (unpaired) electrons. The van der Waals surface area contributed by atoms with E-state index in [1.807, 2.05) is 0 Å². The summed E-state index contributed by atoms with van der Waals surface area (Å²) in [5.41, 5.74) is 1.51. The van der Waals surface area contributed by atoms with Gasteiger partial charge in [0.15, 0.2) is 0 Å². The Labute approximate surface area is 114 Å². The molecule has 12 heavy (non-hydrogen) atoms. The van der Waals surface area contributed by atoms with Crippen LogP contribution in [0, 0.1) is 10.7 Å². The number of halogens is 3. The standard InChI is InChI=1S/C9H9I3/c1-2-3-7-8(11)4-6(10)5-9(7)12/h4-5H,2-3H2,1H3. The van der Waals surface area contributed by atoms with E-state index in [0.717, 1.165) is 0 Å². The molecule has 0 saturated carbocycles. The van der Waals surface area contributed by atoms with Crippen LogP contribution in [0.4, 0.5) is 0 Å². The Morgan fingerprint density at radius 3 is 2.00 bits per heavy atom. The summed E-state index contributed by atoms with van der Waals surface area (Å²) in [7, 11) is 0. The van der Waals surface area contributed by atoms with Crippen molar-refractivity contribution >= 4 is 67.8 Å². The van der Waals surface area contributed by atoms with Gasteiger partial charge in [0.25, 0.3) is 0 Å². The van der Waals surface area contributed by atoms with Crippen molar-refractivity contribution in [1.29, 1.82) is 0 Å². The Balaban J connectivity index is 3.10. The number of hydrogen-bond donors (Lipinski definition) is 0. The smallest absolute Gasteiger partial charge is 0.0183 e. The Morgan fingerprint density at radius 2 is 1.58 bits per heavy atom. The molecule has 0 aliphatic carbocycles. The van der Waals surface area contributed by atoms with Gasteiger partial charge in [-0.25, -0.2) is 0 Å². The third-order valence-electron chi connectivity index (χ3n) is 1.61. The lowest BCUT2D eigenvalue weighted by Gasteiger charge is -2.06. The van der Waals surface area contributed by atoms with Crippen LogP contribution in [-0.4, -0.2) is 0 Å². The van der Waals surface area contributed by atoms with Gasteiger partial charge in [-0.15, -0.1) is 0 Å². The minimum Gasteiger partial charge on any atom is -0.0651 e. The molecule has 0 fully saturated rings. The van der Waals surface area contributed by atoms with E-state index in [4.69, 9.17) is 0 Å². The van der Waals surface area contributed by atoms with Crippen molar-refractivity contribution in [3.8, 4) is 0 Å². The average molecular weight is 498 g/mol. The quantitative estimate of drug-likeness (QED) is 0.530. The first-order valence-corrected chi connectivity index (χ1v) is 7.02. The molecular formula is C9H9I3. The van der Waals surface area contributed by atoms with Crippen molar-refractivity contribution in [2.45, 2.75) is 19.8 Å². The van der Waals surface area contributed by atoms with Crippen LogP contribution < -0.4 is 0 Å². The van der Waals surface area contributed by atoms with Gasteiger partial charge in [0.2, 0.25) is 0 Å². The highest BCUT2D eigenvalue weighted by Gasteiger charge is 2.04. The maximum Gasteiger partial charge on any atom is 0.0183 e. The first kappa shape index (κ1) is 11.5. The van der Waals surface area contributed by atoms with Crippen molar-refractivity contribution < 1.29 is 0 Å². The lowest BCUT2D eigenvalue weighted by molar-refractivity contribution is 0.910. The third kappa shape index (κ3) is 2.97. The summed E-state index contributed by atoms with van der Waals surface area (Å²) in [5, 5.41) is 0. The van der Waals surface area contributed by atoms with Crippen LogP contribution in [-0.2, 0) is 6.42 Å². The zero-order valence-electron chi connectivity index (χ0n) is 6.70. The predicted molar refractivity (Wildman–Crippen MR) is 78.6 cm³/mol. The highest BCUT2D eigenvalue weighted by molar-refractivity contribution is 14.1. The minimum atomic E-state index is 1.20. The van der Waals surface area contributed by atoms with E-state index < -0.39 is 0 Å². The summed E-state index contributed by atoms with van der Waals surface area (Å²) in [6.07, 6.45) is 2.43. The van der Waals surface area contributed by atoms with E-state index in [0.29, 0.717) is 0 Å². The van der Waals surface area contributed by atoms with Gasteiger partial charge in [-0.3, -0.25) is 0 Å². The maximum atomic E-state index is 2.43. The van der Waals surface area contributed by atoms with Crippen LogP contribution in [0.1, 0.15) is 18.9 Å². The largest absolute Gasteiger partial charge is 0.0651 e. The van der Waals surface area contributed by atoms with Crippen molar-refractivity contribution in [3.63, 3.8) is 0 Å². The molecule has 0 heterocycles. The van der Waals surface area contributed by atoms with E-state index in [-0.39, 0.29) is 0 Å². The number of rotatable bonds is 2. The van der Waals surface area contributed by atoms with Gasteiger partial charge in [0, 0.05) is 10.7 Å². The highest BCUT2D eigenvalue weighted by atomic mass is 127. The van der Waals surface area contributed by atoms with E-state index in [2.05, 4.69) is 86.8 Å². The average Bonchev–Trinajstić information content (AvgIpc) is 1.96. The second-order valence-electron chi connectivity index (χ2n) is 2.60. The molecular weight excluding hydrogens is 489 g/mol. The zero-order chi connectivity index (χ0) is 9.14. The van der Waals surface area contributed by atoms with Crippen LogP contribution in [0.15, 0.2) is 12.1 Å². The van der Waals surface area contributed by atoms with Gasteiger partial charge in [-0.05, 0) is 91.9 Å². The molecule has 0 atom stereocenters. The molecule has 0 nitrogen and oxygen atoms in total. The molecule has 0 N–H and O–H groups in total. The van der Waals surface area contributed by atoms with Gasteiger partial charge in [-0.2, -0.15) is 0 Å². The molecule has 0 aromatic heterocycles. The number of benzene rings is 1. The van der Waals surface area contributed by atoms with E-state index >= 15 is 0 Å². The normalized spacial score (nSPS) is 10.3. The molecule has 1 aromatic rings. The Kier molecular flexibility index (Phi) is 5.10. The van der Waals surface area contributed by atoms with Gasteiger partial charge in [-0.1, -0.05) is 13.3 Å². The minimum absolute atomic E-state index is 1.20. The Bertz CT molecular complexity index is 258. The molecule has 0 bridgehead atoms. The first-order chi connectivity index (χ1) is 5.65. The van der Waals surface area contributed by atoms with Gasteiger partial charge >= 0.3 is 0 Å². The summed E-state index contributed by atoms with van der Waals surface area (Å²) in [5.74, 6) is 0. The fraction of sp³-hybridized carbons (Fsp3) is 0.333. The SMILES string of the molecule is CCCc1c(I)cc(I)cc1I. The van der Waals surface area contributed by atoms with Gasteiger partial charge in [0.05, 0.1) is 0 Å². The monoisotopic (exact) mass is 498 g/mol. The van der Waals surface area contributed by atoms with Crippen LogP contribution in [0.2, 0.25) is 0 Å². The molecule has 66 valence electrons. The summed E-state index contributed by atoms with van der Waals surface area (Å²) in [4.78, 5) is 0. The van der Waals surface area contributed by atoms with Crippen molar-refractivity contribution in [2.75, 3.05) is 0 Å². The Morgan fingerprint density at radius 1 is 1.08 bits per heavy atom. The summed E-state index contributed by atoms with van der Waals surface area (Å²) >= 11 is 7.22. The van der Waals surface area contributed by atoms with Crippen molar-refractivity contribution in [1.82, 2.24) is 0 Å². The fourth-order valence-electron chi connectivity index (χ4n) is 1.06. The molecule has 1 aromatic carbocycles. The second kappa shape index (κ2) is 5.33. The number of hydrogen-bond acceptors (Lipinski definition) is 0. The zero-order valence-corrected chi connectivity index (χ0v) is 13.2.